The summed E-state index contributed by atoms with van der Waals surface area (Å²) in [4.78, 5) is 28.3. The summed E-state index contributed by atoms with van der Waals surface area (Å²) in [6.45, 7) is 0. The lowest BCUT2D eigenvalue weighted by Crippen LogP contribution is -2.20. The van der Waals surface area contributed by atoms with Crippen LogP contribution in [-0.2, 0) is 22.4 Å². The molecule has 160 valence electrons. The van der Waals surface area contributed by atoms with Gasteiger partial charge in [-0.05, 0) is 48.9 Å². The number of carbonyl (C=O) groups is 2. The zero-order valence-electron chi connectivity index (χ0n) is 17.4. The first-order chi connectivity index (χ1) is 15.2. The number of benzene rings is 2. The molecule has 1 aliphatic rings. The van der Waals surface area contributed by atoms with Crippen LogP contribution in [0.5, 0.6) is 0 Å². The molecule has 4 rings (SSSR count). The summed E-state index contributed by atoms with van der Waals surface area (Å²) in [5.74, 6) is -0.511. The molecule has 0 fully saturated rings. The molecule has 6 heteroatoms. The molecule has 0 aliphatic heterocycles. The second kappa shape index (κ2) is 10.2. The van der Waals surface area contributed by atoms with Crippen molar-refractivity contribution >= 4 is 40.0 Å². The largest absolute Gasteiger partial charge is 0.465 e. The number of thiophene rings is 1. The van der Waals surface area contributed by atoms with Gasteiger partial charge >= 0.3 is 5.97 Å². The van der Waals surface area contributed by atoms with Gasteiger partial charge in [0.05, 0.1) is 12.7 Å². The second-order valence-corrected chi connectivity index (χ2v) is 9.75. The van der Waals surface area contributed by atoms with Crippen LogP contribution in [0.3, 0.4) is 0 Å². The Balaban J connectivity index is 1.66. The smallest absolute Gasteiger partial charge is 0.341 e. The van der Waals surface area contributed by atoms with Crippen molar-refractivity contribution in [3.8, 4) is 0 Å². The fourth-order valence-electron chi connectivity index (χ4n) is 3.86. The van der Waals surface area contributed by atoms with Crippen molar-refractivity contribution in [2.24, 2.45) is 0 Å². The normalized spacial score (nSPS) is 14.2. The summed E-state index contributed by atoms with van der Waals surface area (Å²) < 4.78 is 5.08. The molecule has 3 aromatic rings. The minimum atomic E-state index is -0.434. The van der Waals surface area contributed by atoms with Crippen molar-refractivity contribution in [1.29, 1.82) is 0 Å². The van der Waals surface area contributed by atoms with Crippen LogP contribution in [0.25, 0.3) is 0 Å². The van der Waals surface area contributed by atoms with Crippen molar-refractivity contribution in [2.75, 3.05) is 12.4 Å². The summed E-state index contributed by atoms with van der Waals surface area (Å²) in [6, 6.07) is 19.6. The van der Waals surface area contributed by atoms with Gasteiger partial charge in [-0.15, -0.1) is 23.1 Å². The third-order valence-corrected chi connectivity index (χ3v) is 7.86. The number of thioether (sulfide) groups is 1. The highest BCUT2D eigenvalue weighted by Crippen LogP contribution is 2.40. The lowest BCUT2D eigenvalue weighted by atomic mass is 10.1. The molecule has 1 N–H and O–H groups in total. The Morgan fingerprint density at radius 2 is 1.65 bits per heavy atom. The van der Waals surface area contributed by atoms with Gasteiger partial charge in [-0.3, -0.25) is 4.79 Å². The fourth-order valence-corrected chi connectivity index (χ4v) is 6.19. The maximum Gasteiger partial charge on any atom is 0.341 e. The number of aryl methyl sites for hydroxylation is 1. The first-order valence-electron chi connectivity index (χ1n) is 10.5. The predicted molar refractivity (Wildman–Crippen MR) is 127 cm³/mol. The van der Waals surface area contributed by atoms with Crippen LogP contribution in [0.1, 0.15) is 50.9 Å². The average Bonchev–Trinajstić information content (AvgIpc) is 2.98. The quantitative estimate of drug-likeness (QED) is 0.272. The van der Waals surface area contributed by atoms with Crippen molar-refractivity contribution in [3.63, 3.8) is 0 Å². The van der Waals surface area contributed by atoms with Crippen molar-refractivity contribution in [2.45, 2.75) is 42.2 Å². The number of nitrogens with one attached hydrogen (secondary N) is 1. The van der Waals surface area contributed by atoms with Crippen molar-refractivity contribution in [1.82, 2.24) is 0 Å². The highest BCUT2D eigenvalue weighted by molar-refractivity contribution is 8.00. The van der Waals surface area contributed by atoms with E-state index in [-0.39, 0.29) is 11.9 Å². The third kappa shape index (κ3) is 5.02. The van der Waals surface area contributed by atoms with Gasteiger partial charge in [0.25, 0.3) is 0 Å². The number of ether oxygens (including phenoxy) is 1. The average molecular weight is 452 g/mol. The molecule has 0 radical (unpaired) electrons. The van der Waals surface area contributed by atoms with Crippen LogP contribution >= 0.6 is 23.1 Å². The number of carbonyl (C=O) groups excluding carboxylic acids is 2. The number of anilines is 1. The Labute approximate surface area is 191 Å². The summed E-state index contributed by atoms with van der Waals surface area (Å²) in [6.07, 6.45) is 5.12. The molecule has 2 aromatic carbocycles. The highest BCUT2D eigenvalue weighted by Gasteiger charge is 2.29. The maximum atomic E-state index is 13.5. The fraction of sp³-hybridized carbons (Fsp3) is 0.280. The Morgan fingerprint density at radius 1 is 0.968 bits per heavy atom. The van der Waals surface area contributed by atoms with Gasteiger partial charge in [0.2, 0.25) is 5.91 Å². The topological polar surface area (TPSA) is 55.4 Å². The predicted octanol–water partition coefficient (Wildman–Crippen LogP) is 6.28. The van der Waals surface area contributed by atoms with Gasteiger partial charge in [0.1, 0.15) is 10.3 Å². The Bertz CT molecular complexity index is 1050. The Morgan fingerprint density at radius 3 is 2.35 bits per heavy atom. The molecule has 1 atom stereocenters. The van der Waals surface area contributed by atoms with E-state index < -0.39 is 5.25 Å². The van der Waals surface area contributed by atoms with Gasteiger partial charge in [-0.25, -0.2) is 4.79 Å². The van der Waals surface area contributed by atoms with Gasteiger partial charge in [-0.2, -0.15) is 0 Å². The standard InChI is InChI=1S/C25H25NO3S2/c1-29-25(28)21-19-15-9-4-10-16-20(19)31-24(21)26-23(27)22(17-11-5-2-6-12-17)30-18-13-7-3-8-14-18/h2-3,5-8,11-14,22H,4,9-10,15-16H2,1H3,(H,26,27). The Kier molecular flexibility index (Phi) is 7.10. The van der Waals surface area contributed by atoms with Crippen LogP contribution in [0, 0.1) is 0 Å². The zero-order chi connectivity index (χ0) is 21.6. The molecule has 0 spiro atoms. The van der Waals surface area contributed by atoms with E-state index in [0.717, 1.165) is 48.1 Å². The summed E-state index contributed by atoms with van der Waals surface area (Å²) in [5.41, 5.74) is 2.51. The molecular weight excluding hydrogens is 426 g/mol. The van der Waals surface area contributed by atoms with Gasteiger partial charge < -0.3 is 10.1 Å². The molecular formula is C25H25NO3S2. The maximum absolute atomic E-state index is 13.5. The number of rotatable bonds is 6. The van der Waals surface area contributed by atoms with E-state index in [0.29, 0.717) is 10.6 Å². The number of hydrogen-bond donors (Lipinski definition) is 1. The molecule has 0 saturated heterocycles. The number of hydrogen-bond acceptors (Lipinski definition) is 5. The van der Waals surface area contributed by atoms with Crippen LogP contribution in [0.15, 0.2) is 65.6 Å². The first-order valence-corrected chi connectivity index (χ1v) is 12.2. The van der Waals surface area contributed by atoms with Crippen LogP contribution in [0.4, 0.5) is 5.00 Å². The zero-order valence-corrected chi connectivity index (χ0v) is 19.1. The number of methoxy groups -OCH3 is 1. The van der Waals surface area contributed by atoms with Gasteiger partial charge in [0.15, 0.2) is 0 Å². The van der Waals surface area contributed by atoms with E-state index in [2.05, 4.69) is 5.32 Å². The first kappa shape index (κ1) is 21.7. The molecule has 1 aromatic heterocycles. The van der Waals surface area contributed by atoms with E-state index in [9.17, 15) is 9.59 Å². The van der Waals surface area contributed by atoms with Crippen LogP contribution < -0.4 is 5.32 Å². The molecule has 1 aliphatic carbocycles. The molecule has 31 heavy (non-hydrogen) atoms. The van der Waals surface area contributed by atoms with E-state index in [1.165, 1.54) is 35.1 Å². The minimum Gasteiger partial charge on any atom is -0.465 e. The Hall–Kier alpha value is -2.57. The van der Waals surface area contributed by atoms with E-state index in [1.54, 1.807) is 0 Å². The second-order valence-electron chi connectivity index (χ2n) is 7.47. The summed E-state index contributed by atoms with van der Waals surface area (Å²) in [7, 11) is 1.40. The molecule has 4 nitrogen and oxygen atoms in total. The van der Waals surface area contributed by atoms with E-state index in [1.807, 2.05) is 60.7 Å². The van der Waals surface area contributed by atoms with Crippen LogP contribution in [0.2, 0.25) is 0 Å². The molecule has 1 heterocycles. The van der Waals surface area contributed by atoms with Crippen molar-refractivity contribution in [3.05, 3.63) is 82.2 Å². The van der Waals surface area contributed by atoms with E-state index >= 15 is 0 Å². The van der Waals surface area contributed by atoms with Gasteiger partial charge in [-0.1, -0.05) is 55.0 Å². The monoisotopic (exact) mass is 451 g/mol. The lowest BCUT2D eigenvalue weighted by molar-refractivity contribution is -0.115. The molecule has 1 unspecified atom stereocenters. The molecule has 0 bridgehead atoms. The van der Waals surface area contributed by atoms with Crippen LogP contribution in [-0.4, -0.2) is 19.0 Å². The summed E-state index contributed by atoms with van der Waals surface area (Å²) in [5, 5.41) is 3.26. The molecule has 0 saturated carbocycles. The number of esters is 1. The minimum absolute atomic E-state index is 0.137. The highest BCUT2D eigenvalue weighted by atomic mass is 32.2. The number of amides is 1. The van der Waals surface area contributed by atoms with Crippen molar-refractivity contribution < 1.29 is 14.3 Å². The SMILES string of the molecule is COC(=O)c1c(NC(=O)C(Sc2ccccc2)c2ccccc2)sc2c1CCCCC2. The van der Waals surface area contributed by atoms with Gasteiger partial charge in [0, 0.05) is 9.77 Å². The van der Waals surface area contributed by atoms with E-state index in [4.69, 9.17) is 4.74 Å². The number of fused-ring (bicyclic) bond motifs is 1. The summed E-state index contributed by atoms with van der Waals surface area (Å²) >= 11 is 3.03. The molecule has 1 amide bonds. The third-order valence-electron chi connectivity index (χ3n) is 5.39. The lowest BCUT2D eigenvalue weighted by Gasteiger charge is -2.17.